The van der Waals surface area contributed by atoms with E-state index in [1.165, 1.54) is 18.3 Å². The molecule has 0 saturated heterocycles. The number of halogens is 3. The summed E-state index contributed by atoms with van der Waals surface area (Å²) < 4.78 is 39.5. The van der Waals surface area contributed by atoms with Crippen molar-refractivity contribution in [1.29, 1.82) is 0 Å². The lowest BCUT2D eigenvalue weighted by atomic mass is 10.1. The largest absolute Gasteiger partial charge is 0.416 e. The van der Waals surface area contributed by atoms with Crippen molar-refractivity contribution in [1.82, 2.24) is 19.7 Å². The first kappa shape index (κ1) is 19.9. The van der Waals surface area contributed by atoms with Gasteiger partial charge in [-0.1, -0.05) is 12.1 Å². The molecule has 2 heterocycles. The number of hydrogen-bond acceptors (Lipinski definition) is 5. The van der Waals surface area contributed by atoms with Crippen LogP contribution in [0.2, 0.25) is 0 Å². The Kier molecular flexibility index (Phi) is 4.92. The molecule has 150 valence electrons. The minimum Gasteiger partial charge on any atom is -0.387 e. The maximum absolute atomic E-state index is 12.6. The number of aliphatic hydroxyl groups is 1. The highest BCUT2D eigenvalue weighted by atomic mass is 19.4. The van der Waals surface area contributed by atoms with E-state index >= 15 is 0 Å². The monoisotopic (exact) mass is 395 g/mol. The summed E-state index contributed by atoms with van der Waals surface area (Å²) in [6, 6.07) is 4.24. The van der Waals surface area contributed by atoms with Crippen LogP contribution < -0.4 is 10.9 Å². The molecule has 28 heavy (non-hydrogen) atoms. The number of aliphatic hydroxyl groups excluding tert-OH is 1. The van der Waals surface area contributed by atoms with E-state index in [1.807, 2.05) is 20.8 Å². The summed E-state index contributed by atoms with van der Waals surface area (Å²) >= 11 is 0. The average Bonchev–Trinajstić information content (AvgIpc) is 3.04. The van der Waals surface area contributed by atoms with Crippen LogP contribution in [0, 0.1) is 0 Å². The molecule has 1 unspecified atom stereocenters. The van der Waals surface area contributed by atoms with Gasteiger partial charge in [-0.05, 0) is 38.5 Å². The quantitative estimate of drug-likeness (QED) is 0.631. The molecule has 7 nitrogen and oxygen atoms in total. The lowest BCUT2D eigenvalue weighted by Crippen LogP contribution is -2.24. The number of rotatable bonds is 4. The Morgan fingerprint density at radius 3 is 2.43 bits per heavy atom. The number of aromatic amines is 1. The molecule has 0 aliphatic heterocycles. The van der Waals surface area contributed by atoms with E-state index in [1.54, 1.807) is 4.68 Å². The fraction of sp³-hybridized carbons (Fsp3) is 0.389. The predicted molar refractivity (Wildman–Crippen MR) is 98.0 cm³/mol. The Morgan fingerprint density at radius 2 is 1.86 bits per heavy atom. The topological polar surface area (TPSA) is 95.8 Å². The molecule has 3 aromatic rings. The third-order valence-electron chi connectivity index (χ3n) is 4.16. The maximum Gasteiger partial charge on any atom is 0.416 e. The van der Waals surface area contributed by atoms with Crippen LogP contribution in [0.5, 0.6) is 0 Å². The van der Waals surface area contributed by atoms with E-state index in [-0.39, 0.29) is 23.6 Å². The lowest BCUT2D eigenvalue weighted by Gasteiger charge is -2.20. The first-order chi connectivity index (χ1) is 13.0. The Labute approximate surface area is 158 Å². The van der Waals surface area contributed by atoms with Gasteiger partial charge in [0.15, 0.2) is 5.65 Å². The second-order valence-electron chi connectivity index (χ2n) is 7.40. The summed E-state index contributed by atoms with van der Waals surface area (Å²) in [7, 11) is 0. The first-order valence-electron chi connectivity index (χ1n) is 8.54. The van der Waals surface area contributed by atoms with Gasteiger partial charge in [0.05, 0.1) is 23.4 Å². The van der Waals surface area contributed by atoms with Crippen LogP contribution >= 0.6 is 0 Å². The van der Waals surface area contributed by atoms with Gasteiger partial charge in [-0.25, -0.2) is 4.68 Å². The van der Waals surface area contributed by atoms with Gasteiger partial charge in [-0.2, -0.15) is 23.3 Å². The van der Waals surface area contributed by atoms with Crippen LogP contribution in [0.3, 0.4) is 0 Å². The number of H-pyrrole nitrogens is 1. The molecule has 10 heteroatoms. The van der Waals surface area contributed by atoms with Crippen molar-refractivity contribution in [2.75, 3.05) is 11.9 Å². The zero-order valence-corrected chi connectivity index (χ0v) is 15.5. The second kappa shape index (κ2) is 6.93. The van der Waals surface area contributed by atoms with Crippen LogP contribution in [-0.2, 0) is 11.7 Å². The van der Waals surface area contributed by atoms with Crippen molar-refractivity contribution in [3.8, 4) is 0 Å². The van der Waals surface area contributed by atoms with Crippen LogP contribution in [0.4, 0.5) is 19.1 Å². The van der Waals surface area contributed by atoms with Gasteiger partial charge in [0.1, 0.15) is 5.39 Å². The molecule has 0 bridgehead atoms. The summed E-state index contributed by atoms with van der Waals surface area (Å²) in [6.07, 6.45) is -4.08. The SMILES string of the molecule is CC(C)(C)n1ncc2c(=O)[nH]c(NCC(O)c3ccc(C(F)(F)F)cc3)nc21. The number of hydrogen-bond donors (Lipinski definition) is 3. The maximum atomic E-state index is 12.6. The summed E-state index contributed by atoms with van der Waals surface area (Å²) in [5, 5.41) is 17.6. The Bertz CT molecular complexity index is 1030. The van der Waals surface area contributed by atoms with Crippen molar-refractivity contribution < 1.29 is 18.3 Å². The number of nitrogens with one attached hydrogen (secondary N) is 2. The van der Waals surface area contributed by atoms with E-state index in [2.05, 4.69) is 20.4 Å². The number of alkyl halides is 3. The molecule has 0 amide bonds. The molecule has 1 atom stereocenters. The Morgan fingerprint density at radius 1 is 1.21 bits per heavy atom. The highest BCUT2D eigenvalue weighted by Crippen LogP contribution is 2.30. The third-order valence-corrected chi connectivity index (χ3v) is 4.16. The third kappa shape index (κ3) is 4.01. The Balaban J connectivity index is 1.79. The van der Waals surface area contributed by atoms with Gasteiger partial charge in [-0.15, -0.1) is 0 Å². The van der Waals surface area contributed by atoms with E-state index in [4.69, 9.17) is 0 Å². The van der Waals surface area contributed by atoms with Crippen molar-refractivity contribution in [3.05, 3.63) is 51.9 Å². The zero-order valence-electron chi connectivity index (χ0n) is 15.5. The summed E-state index contributed by atoms with van der Waals surface area (Å²) in [6.45, 7) is 5.71. The molecule has 2 aromatic heterocycles. The van der Waals surface area contributed by atoms with Crippen LogP contribution in [0.15, 0.2) is 35.3 Å². The molecule has 0 fully saturated rings. The molecule has 0 saturated carbocycles. The summed E-state index contributed by atoms with van der Waals surface area (Å²) in [4.78, 5) is 19.1. The van der Waals surface area contributed by atoms with Gasteiger partial charge in [0.25, 0.3) is 5.56 Å². The number of benzene rings is 1. The molecule has 0 radical (unpaired) electrons. The standard InChI is InChI=1S/C18H20F3N5O2/c1-17(2,3)26-14-12(8-23-26)15(28)25-16(24-14)22-9-13(27)10-4-6-11(7-5-10)18(19,20)21/h4-8,13,27H,9H2,1-3H3,(H2,22,24,25,28). The fourth-order valence-electron chi connectivity index (χ4n) is 2.70. The van der Waals surface area contributed by atoms with E-state index in [9.17, 15) is 23.1 Å². The summed E-state index contributed by atoms with van der Waals surface area (Å²) in [5.74, 6) is 0.134. The van der Waals surface area contributed by atoms with Crippen LogP contribution in [0.25, 0.3) is 11.0 Å². The highest BCUT2D eigenvalue weighted by Gasteiger charge is 2.30. The molecule has 0 aliphatic rings. The van der Waals surface area contributed by atoms with Crippen molar-refractivity contribution in [2.24, 2.45) is 0 Å². The average molecular weight is 395 g/mol. The zero-order chi connectivity index (χ0) is 20.7. The summed E-state index contributed by atoms with van der Waals surface area (Å²) in [5.41, 5.74) is -0.860. The van der Waals surface area contributed by atoms with Crippen LogP contribution in [0.1, 0.15) is 38.0 Å². The first-order valence-corrected chi connectivity index (χ1v) is 8.54. The number of nitrogens with zero attached hydrogens (tertiary/aromatic N) is 3. The Hall–Kier alpha value is -2.88. The minimum absolute atomic E-state index is 0.0521. The predicted octanol–water partition coefficient (Wildman–Crippen LogP) is 3.04. The number of fused-ring (bicyclic) bond motifs is 1. The molecule has 3 rings (SSSR count). The van der Waals surface area contributed by atoms with Crippen molar-refractivity contribution >= 4 is 17.0 Å². The van der Waals surface area contributed by atoms with Crippen molar-refractivity contribution in [3.63, 3.8) is 0 Å². The second-order valence-corrected chi connectivity index (χ2v) is 7.40. The molecular formula is C18H20F3N5O2. The molecule has 1 aromatic carbocycles. The highest BCUT2D eigenvalue weighted by molar-refractivity contribution is 5.74. The molecule has 0 spiro atoms. The van der Waals surface area contributed by atoms with Gasteiger partial charge in [0, 0.05) is 6.54 Å². The van der Waals surface area contributed by atoms with Gasteiger partial charge < -0.3 is 10.4 Å². The van der Waals surface area contributed by atoms with Gasteiger partial charge in [0.2, 0.25) is 5.95 Å². The van der Waals surface area contributed by atoms with Crippen molar-refractivity contribution in [2.45, 2.75) is 38.6 Å². The number of anilines is 1. The normalized spacial score (nSPS) is 13.7. The minimum atomic E-state index is -4.43. The van der Waals surface area contributed by atoms with Gasteiger partial charge in [-0.3, -0.25) is 9.78 Å². The lowest BCUT2D eigenvalue weighted by molar-refractivity contribution is -0.137. The molecule has 3 N–H and O–H groups in total. The van der Waals surface area contributed by atoms with Crippen LogP contribution in [-0.4, -0.2) is 31.4 Å². The smallest absolute Gasteiger partial charge is 0.387 e. The van der Waals surface area contributed by atoms with Gasteiger partial charge >= 0.3 is 6.18 Å². The molecule has 0 aliphatic carbocycles. The van der Waals surface area contributed by atoms with E-state index < -0.39 is 17.8 Å². The fourth-order valence-corrected chi connectivity index (χ4v) is 2.70. The molecular weight excluding hydrogens is 375 g/mol. The number of aromatic nitrogens is 4. The van der Waals surface area contributed by atoms with E-state index in [0.717, 1.165) is 12.1 Å². The van der Waals surface area contributed by atoms with E-state index in [0.29, 0.717) is 16.6 Å².